The molecule has 0 spiro atoms. The van der Waals surface area contributed by atoms with Gasteiger partial charge in [-0.3, -0.25) is 9.59 Å². The van der Waals surface area contributed by atoms with Crippen molar-refractivity contribution >= 4 is 23.5 Å². The molecule has 4 heteroatoms. The maximum absolute atomic E-state index is 12.3. The molecule has 2 aromatic rings. The molecule has 0 aromatic heterocycles. The van der Waals surface area contributed by atoms with Gasteiger partial charge in [0.1, 0.15) is 5.75 Å². The number of methoxy groups -OCH3 is 1. The van der Waals surface area contributed by atoms with Crippen LogP contribution in [0.4, 0.5) is 5.69 Å². The quantitative estimate of drug-likeness (QED) is 0.674. The van der Waals surface area contributed by atoms with Crippen molar-refractivity contribution in [3.63, 3.8) is 0 Å². The predicted molar refractivity (Wildman–Crippen MR) is 91.8 cm³/mol. The first kappa shape index (κ1) is 16.5. The van der Waals surface area contributed by atoms with Crippen LogP contribution >= 0.6 is 0 Å². The molecule has 118 valence electrons. The summed E-state index contributed by atoms with van der Waals surface area (Å²) in [5, 5.41) is 2.70. The van der Waals surface area contributed by atoms with E-state index in [1.807, 2.05) is 31.2 Å². The lowest BCUT2D eigenvalue weighted by atomic mass is 10.1. The molecule has 1 amide bonds. The van der Waals surface area contributed by atoms with Crippen molar-refractivity contribution in [2.45, 2.75) is 13.8 Å². The van der Waals surface area contributed by atoms with Crippen LogP contribution in [0.1, 0.15) is 28.4 Å². The van der Waals surface area contributed by atoms with E-state index in [0.717, 1.165) is 16.8 Å². The summed E-state index contributed by atoms with van der Waals surface area (Å²) in [6, 6.07) is 12.7. The normalized spacial score (nSPS) is 10.6. The Morgan fingerprint density at radius 2 is 1.78 bits per heavy atom. The number of ketones is 1. The van der Waals surface area contributed by atoms with Gasteiger partial charge in [-0.2, -0.15) is 0 Å². The maximum atomic E-state index is 12.3. The topological polar surface area (TPSA) is 55.4 Å². The van der Waals surface area contributed by atoms with Crippen molar-refractivity contribution in [2.24, 2.45) is 0 Å². The monoisotopic (exact) mass is 309 g/mol. The number of carbonyl (C=O) groups excluding carboxylic acids is 2. The second-order valence-electron chi connectivity index (χ2n) is 5.20. The number of anilines is 1. The van der Waals surface area contributed by atoms with Gasteiger partial charge in [0.15, 0.2) is 5.78 Å². The smallest absolute Gasteiger partial charge is 0.221 e. The van der Waals surface area contributed by atoms with Crippen molar-refractivity contribution in [1.29, 1.82) is 0 Å². The Hall–Kier alpha value is -2.88. The molecule has 0 aliphatic carbocycles. The van der Waals surface area contributed by atoms with Crippen LogP contribution in [0.2, 0.25) is 0 Å². The van der Waals surface area contributed by atoms with Gasteiger partial charge in [0.2, 0.25) is 5.91 Å². The largest absolute Gasteiger partial charge is 0.496 e. The number of ether oxygens (including phenoxy) is 1. The van der Waals surface area contributed by atoms with E-state index >= 15 is 0 Å². The van der Waals surface area contributed by atoms with Gasteiger partial charge in [-0.25, -0.2) is 0 Å². The van der Waals surface area contributed by atoms with E-state index in [1.54, 1.807) is 31.4 Å². The van der Waals surface area contributed by atoms with E-state index in [2.05, 4.69) is 5.32 Å². The summed E-state index contributed by atoms with van der Waals surface area (Å²) < 4.78 is 5.26. The molecule has 2 rings (SSSR count). The molecule has 0 heterocycles. The molecular formula is C19H19NO3. The second-order valence-corrected chi connectivity index (χ2v) is 5.20. The molecule has 23 heavy (non-hydrogen) atoms. The van der Waals surface area contributed by atoms with E-state index in [9.17, 15) is 9.59 Å². The molecule has 0 aliphatic heterocycles. The molecule has 1 N–H and O–H groups in total. The number of rotatable bonds is 5. The number of hydrogen-bond donors (Lipinski definition) is 1. The first-order valence-electron chi connectivity index (χ1n) is 7.24. The molecule has 2 aromatic carbocycles. The number of nitrogens with one attached hydrogen (secondary N) is 1. The maximum Gasteiger partial charge on any atom is 0.221 e. The summed E-state index contributed by atoms with van der Waals surface area (Å²) in [7, 11) is 1.55. The molecule has 0 radical (unpaired) electrons. The molecule has 0 bridgehead atoms. The van der Waals surface area contributed by atoms with Gasteiger partial charge < -0.3 is 10.1 Å². The molecule has 4 nitrogen and oxygen atoms in total. The summed E-state index contributed by atoms with van der Waals surface area (Å²) in [5.74, 6) is 0.336. The summed E-state index contributed by atoms with van der Waals surface area (Å²) in [5.41, 5.74) is 3.17. The first-order valence-corrected chi connectivity index (χ1v) is 7.24. The molecule has 0 saturated carbocycles. The number of aryl methyl sites for hydroxylation is 1. The highest BCUT2D eigenvalue weighted by molar-refractivity contribution is 6.08. The molecule has 0 aliphatic rings. The molecular weight excluding hydrogens is 290 g/mol. The summed E-state index contributed by atoms with van der Waals surface area (Å²) in [6.07, 6.45) is 3.25. The zero-order chi connectivity index (χ0) is 16.8. The van der Waals surface area contributed by atoms with Gasteiger partial charge >= 0.3 is 0 Å². The fourth-order valence-electron chi connectivity index (χ4n) is 2.14. The Morgan fingerprint density at radius 1 is 1.09 bits per heavy atom. The van der Waals surface area contributed by atoms with Crippen LogP contribution in [0.3, 0.4) is 0 Å². The van der Waals surface area contributed by atoms with Gasteiger partial charge in [0.05, 0.1) is 12.7 Å². The van der Waals surface area contributed by atoms with Crippen LogP contribution in [-0.2, 0) is 4.79 Å². The minimum atomic E-state index is -0.118. The molecule has 0 unspecified atom stereocenters. The van der Waals surface area contributed by atoms with Crippen LogP contribution < -0.4 is 10.1 Å². The third kappa shape index (κ3) is 4.54. The zero-order valence-electron chi connectivity index (χ0n) is 13.4. The second kappa shape index (κ2) is 7.40. The number of carbonyl (C=O) groups is 2. The van der Waals surface area contributed by atoms with Gasteiger partial charge in [0.25, 0.3) is 0 Å². The van der Waals surface area contributed by atoms with Gasteiger partial charge in [0, 0.05) is 12.6 Å². The fraction of sp³-hybridized carbons (Fsp3) is 0.158. The highest BCUT2D eigenvalue weighted by Gasteiger charge is 2.09. The average molecular weight is 309 g/mol. The number of amides is 1. The third-order valence-corrected chi connectivity index (χ3v) is 3.28. The van der Waals surface area contributed by atoms with Gasteiger partial charge in [-0.05, 0) is 48.4 Å². The average Bonchev–Trinajstić information content (AvgIpc) is 2.53. The van der Waals surface area contributed by atoms with Crippen molar-refractivity contribution in [1.82, 2.24) is 0 Å². The van der Waals surface area contributed by atoms with Crippen LogP contribution in [0, 0.1) is 6.92 Å². The van der Waals surface area contributed by atoms with Gasteiger partial charge in [-0.1, -0.05) is 24.3 Å². The number of hydrogen-bond acceptors (Lipinski definition) is 3. The molecule has 0 fully saturated rings. The Kier molecular flexibility index (Phi) is 5.31. The first-order chi connectivity index (χ1) is 11.0. The summed E-state index contributed by atoms with van der Waals surface area (Å²) >= 11 is 0. The van der Waals surface area contributed by atoms with Crippen LogP contribution in [-0.4, -0.2) is 18.8 Å². The van der Waals surface area contributed by atoms with Crippen molar-refractivity contribution < 1.29 is 14.3 Å². The minimum Gasteiger partial charge on any atom is -0.496 e. The zero-order valence-corrected chi connectivity index (χ0v) is 13.4. The van der Waals surface area contributed by atoms with Gasteiger partial charge in [-0.15, -0.1) is 0 Å². The Labute approximate surface area is 135 Å². The highest BCUT2D eigenvalue weighted by atomic mass is 16.5. The molecule has 0 saturated heterocycles. The van der Waals surface area contributed by atoms with E-state index in [4.69, 9.17) is 4.74 Å². The fourth-order valence-corrected chi connectivity index (χ4v) is 2.14. The Bertz CT molecular complexity index is 746. The van der Waals surface area contributed by atoms with Crippen LogP contribution in [0.25, 0.3) is 6.08 Å². The van der Waals surface area contributed by atoms with Crippen LogP contribution in [0.15, 0.2) is 48.5 Å². The lowest BCUT2D eigenvalue weighted by molar-refractivity contribution is -0.114. The van der Waals surface area contributed by atoms with E-state index in [1.165, 1.54) is 13.0 Å². The van der Waals surface area contributed by atoms with Crippen LogP contribution in [0.5, 0.6) is 5.75 Å². The standard InChI is InChI=1S/C19H19NO3/c1-13-4-10-17(19(12-13)23-3)18(22)11-7-15-5-8-16(9-6-15)20-14(2)21/h4-12H,1-3H3,(H,20,21)/b11-7+. The van der Waals surface area contributed by atoms with Crippen molar-refractivity contribution in [3.05, 3.63) is 65.2 Å². The van der Waals surface area contributed by atoms with Crippen molar-refractivity contribution in [2.75, 3.05) is 12.4 Å². The SMILES string of the molecule is COc1cc(C)ccc1C(=O)/C=C/c1ccc(NC(C)=O)cc1. The lowest BCUT2D eigenvalue weighted by Crippen LogP contribution is -2.05. The van der Waals surface area contributed by atoms with Crippen molar-refractivity contribution in [3.8, 4) is 5.75 Å². The third-order valence-electron chi connectivity index (χ3n) is 3.28. The van der Waals surface area contributed by atoms with E-state index in [0.29, 0.717) is 11.3 Å². The minimum absolute atomic E-state index is 0.116. The predicted octanol–water partition coefficient (Wildman–Crippen LogP) is 3.86. The summed E-state index contributed by atoms with van der Waals surface area (Å²) in [4.78, 5) is 23.3. The molecule has 0 atom stereocenters. The van der Waals surface area contributed by atoms with E-state index < -0.39 is 0 Å². The lowest BCUT2D eigenvalue weighted by Gasteiger charge is -2.06. The van der Waals surface area contributed by atoms with E-state index in [-0.39, 0.29) is 11.7 Å². The Balaban J connectivity index is 2.13. The summed E-state index contributed by atoms with van der Waals surface area (Å²) in [6.45, 7) is 3.41. The highest BCUT2D eigenvalue weighted by Crippen LogP contribution is 2.21. The number of allylic oxidation sites excluding steroid dienone is 1. The Morgan fingerprint density at radius 3 is 2.39 bits per heavy atom. The number of benzene rings is 2.